The second kappa shape index (κ2) is 8.50. The fourth-order valence-electron chi connectivity index (χ4n) is 5.55. The van der Waals surface area contributed by atoms with Crippen LogP contribution >= 0.6 is 0 Å². The van der Waals surface area contributed by atoms with E-state index in [1.807, 2.05) is 23.1 Å². The third-order valence-electron chi connectivity index (χ3n) is 7.33. The summed E-state index contributed by atoms with van der Waals surface area (Å²) < 4.78 is 20.5. The molecule has 7 nitrogen and oxygen atoms in total. The van der Waals surface area contributed by atoms with E-state index in [1.54, 1.807) is 18.5 Å². The van der Waals surface area contributed by atoms with Crippen molar-refractivity contribution in [3.05, 3.63) is 42.5 Å². The maximum Gasteiger partial charge on any atom is 0.157 e. The topological polar surface area (TPSA) is 66.4 Å². The summed E-state index contributed by atoms with van der Waals surface area (Å²) in [5.41, 5.74) is 4.01. The van der Waals surface area contributed by atoms with Gasteiger partial charge in [0.15, 0.2) is 5.82 Å². The van der Waals surface area contributed by atoms with Crippen molar-refractivity contribution in [2.24, 2.45) is 5.41 Å². The molecule has 3 fully saturated rings. The largest absolute Gasteiger partial charge is 0.378 e. The van der Waals surface area contributed by atoms with Crippen molar-refractivity contribution in [2.45, 2.75) is 19.3 Å². The number of nitrogens with zero attached hydrogens (tertiary/aromatic N) is 5. The third kappa shape index (κ3) is 3.91. The van der Waals surface area contributed by atoms with Gasteiger partial charge in [0.25, 0.3) is 0 Å². The Morgan fingerprint density at radius 1 is 1.00 bits per heavy atom. The second-order valence-electron chi connectivity index (χ2n) is 9.47. The summed E-state index contributed by atoms with van der Waals surface area (Å²) in [7, 11) is 0. The lowest BCUT2D eigenvalue weighted by Gasteiger charge is -2.34. The van der Waals surface area contributed by atoms with Gasteiger partial charge in [-0.2, -0.15) is 0 Å². The van der Waals surface area contributed by atoms with Gasteiger partial charge in [0.05, 0.1) is 30.1 Å². The van der Waals surface area contributed by atoms with E-state index in [0.29, 0.717) is 37.4 Å². The SMILES string of the molecule is Fc1cc(-c2cc3nccnc3c(N3CC[C@]4(CCCNC4)C3)n2)ccc1N1CCOCC1. The molecule has 0 radical (unpaired) electrons. The minimum Gasteiger partial charge on any atom is -0.378 e. The van der Waals surface area contributed by atoms with Gasteiger partial charge in [-0.05, 0) is 44.0 Å². The van der Waals surface area contributed by atoms with E-state index in [9.17, 15) is 0 Å². The zero-order chi connectivity index (χ0) is 22.3. The summed E-state index contributed by atoms with van der Waals surface area (Å²) in [6.07, 6.45) is 7.04. The van der Waals surface area contributed by atoms with E-state index in [2.05, 4.69) is 20.2 Å². The summed E-state index contributed by atoms with van der Waals surface area (Å²) in [4.78, 5) is 18.6. The molecule has 0 aliphatic carbocycles. The highest BCUT2D eigenvalue weighted by molar-refractivity contribution is 5.89. The number of rotatable bonds is 3. The molecule has 3 aliphatic rings. The molecule has 0 unspecified atom stereocenters. The highest BCUT2D eigenvalue weighted by atomic mass is 19.1. The second-order valence-corrected chi connectivity index (χ2v) is 9.47. The predicted molar refractivity (Wildman–Crippen MR) is 127 cm³/mol. The molecule has 3 saturated heterocycles. The van der Waals surface area contributed by atoms with E-state index >= 15 is 4.39 Å². The van der Waals surface area contributed by atoms with E-state index in [-0.39, 0.29) is 5.82 Å². The molecule has 1 aromatic carbocycles. The monoisotopic (exact) mass is 448 g/mol. The van der Waals surface area contributed by atoms with E-state index in [1.165, 1.54) is 12.8 Å². The van der Waals surface area contributed by atoms with Crippen LogP contribution in [0.25, 0.3) is 22.3 Å². The molecule has 0 bridgehead atoms. The first-order chi connectivity index (χ1) is 16.2. The lowest BCUT2D eigenvalue weighted by molar-refractivity contribution is 0.122. The number of pyridine rings is 1. The Bertz CT molecular complexity index is 1160. The molecule has 0 amide bonds. The van der Waals surface area contributed by atoms with Crippen LogP contribution < -0.4 is 15.1 Å². The Hall–Kier alpha value is -2.84. The van der Waals surface area contributed by atoms with E-state index < -0.39 is 0 Å². The molecule has 6 rings (SSSR count). The molecule has 1 N–H and O–H groups in total. The van der Waals surface area contributed by atoms with Crippen molar-refractivity contribution in [1.29, 1.82) is 0 Å². The molecule has 8 heteroatoms. The Labute approximate surface area is 193 Å². The molecule has 0 saturated carbocycles. The number of hydrogen-bond acceptors (Lipinski definition) is 7. The van der Waals surface area contributed by atoms with Crippen LogP contribution in [-0.4, -0.2) is 67.4 Å². The number of nitrogens with one attached hydrogen (secondary N) is 1. The molecule has 172 valence electrons. The Kier molecular flexibility index (Phi) is 5.34. The first-order valence-electron chi connectivity index (χ1n) is 11.9. The number of hydrogen-bond donors (Lipinski definition) is 1. The quantitative estimate of drug-likeness (QED) is 0.660. The average molecular weight is 449 g/mol. The fourth-order valence-corrected chi connectivity index (χ4v) is 5.55. The number of benzene rings is 1. The van der Waals surface area contributed by atoms with Gasteiger partial charge in [0.2, 0.25) is 0 Å². The molecule has 2 aromatic heterocycles. The lowest BCUT2D eigenvalue weighted by atomic mass is 9.80. The predicted octanol–water partition coefficient (Wildman–Crippen LogP) is 3.25. The molecule has 3 aromatic rings. The van der Waals surface area contributed by atoms with Crippen molar-refractivity contribution >= 4 is 22.5 Å². The van der Waals surface area contributed by atoms with Gasteiger partial charge in [-0.15, -0.1) is 0 Å². The number of aromatic nitrogens is 3. The van der Waals surface area contributed by atoms with Gasteiger partial charge in [0.1, 0.15) is 11.3 Å². The normalized spacial score (nSPS) is 23.5. The zero-order valence-corrected chi connectivity index (χ0v) is 18.8. The summed E-state index contributed by atoms with van der Waals surface area (Å²) in [6.45, 7) is 6.74. The Morgan fingerprint density at radius 3 is 2.70 bits per heavy atom. The Balaban J connectivity index is 1.36. The van der Waals surface area contributed by atoms with Crippen LogP contribution in [0.2, 0.25) is 0 Å². The van der Waals surface area contributed by atoms with Crippen LogP contribution in [0.1, 0.15) is 19.3 Å². The molecule has 1 atom stereocenters. The van der Waals surface area contributed by atoms with Crippen LogP contribution in [-0.2, 0) is 4.74 Å². The van der Waals surface area contributed by atoms with Crippen LogP contribution in [0.15, 0.2) is 36.7 Å². The summed E-state index contributed by atoms with van der Waals surface area (Å²) in [5, 5.41) is 3.57. The van der Waals surface area contributed by atoms with Crippen molar-refractivity contribution in [3.8, 4) is 11.3 Å². The van der Waals surface area contributed by atoms with Crippen LogP contribution in [0.3, 0.4) is 0 Å². The van der Waals surface area contributed by atoms with E-state index in [4.69, 9.17) is 9.72 Å². The number of morpholine rings is 1. The highest BCUT2D eigenvalue weighted by Gasteiger charge is 2.40. The Morgan fingerprint density at radius 2 is 1.88 bits per heavy atom. The van der Waals surface area contributed by atoms with Gasteiger partial charge < -0.3 is 19.9 Å². The molecular weight excluding hydrogens is 419 g/mol. The van der Waals surface area contributed by atoms with Gasteiger partial charge in [-0.3, -0.25) is 4.98 Å². The fraction of sp³-hybridized carbons (Fsp3) is 0.480. The molecular formula is C25H29FN6O. The lowest BCUT2D eigenvalue weighted by Crippen LogP contribution is -2.42. The van der Waals surface area contributed by atoms with Crippen molar-refractivity contribution in [1.82, 2.24) is 20.3 Å². The zero-order valence-electron chi connectivity index (χ0n) is 18.8. The number of ether oxygens (including phenoxy) is 1. The van der Waals surface area contributed by atoms with Crippen molar-refractivity contribution in [3.63, 3.8) is 0 Å². The summed E-state index contributed by atoms with van der Waals surface area (Å²) in [5.74, 6) is 0.626. The number of halogens is 1. The summed E-state index contributed by atoms with van der Waals surface area (Å²) in [6, 6.07) is 7.33. The first-order valence-corrected chi connectivity index (χ1v) is 11.9. The van der Waals surface area contributed by atoms with Crippen LogP contribution in [0.4, 0.5) is 15.9 Å². The van der Waals surface area contributed by atoms with Crippen LogP contribution in [0, 0.1) is 11.2 Å². The number of piperidine rings is 1. The minimum atomic E-state index is -0.231. The smallest absolute Gasteiger partial charge is 0.157 e. The first kappa shape index (κ1) is 20.7. The van der Waals surface area contributed by atoms with Gasteiger partial charge in [-0.25, -0.2) is 14.4 Å². The van der Waals surface area contributed by atoms with Gasteiger partial charge >= 0.3 is 0 Å². The third-order valence-corrected chi connectivity index (χ3v) is 7.33. The van der Waals surface area contributed by atoms with Gasteiger partial charge in [0, 0.05) is 56.1 Å². The maximum atomic E-state index is 15.1. The standard InChI is InChI=1S/C25H29FN6O/c26-19-14-18(2-3-22(19)31-10-12-33-13-11-31)20-15-21-23(29-8-7-28-21)24(30-20)32-9-5-25(17-32)4-1-6-27-16-25/h2-3,7-8,14-15,27H,1,4-6,9-13,16-17H2/t25-/m0/s1. The molecule has 33 heavy (non-hydrogen) atoms. The van der Waals surface area contributed by atoms with Crippen LogP contribution in [0.5, 0.6) is 0 Å². The van der Waals surface area contributed by atoms with Crippen molar-refractivity contribution in [2.75, 3.05) is 62.3 Å². The number of anilines is 2. The molecule has 3 aliphatic heterocycles. The minimum absolute atomic E-state index is 0.231. The number of fused-ring (bicyclic) bond motifs is 1. The summed E-state index contributed by atoms with van der Waals surface area (Å²) >= 11 is 0. The highest BCUT2D eigenvalue weighted by Crippen LogP contribution is 2.40. The van der Waals surface area contributed by atoms with Gasteiger partial charge in [-0.1, -0.05) is 6.07 Å². The molecule has 1 spiro atoms. The van der Waals surface area contributed by atoms with Crippen molar-refractivity contribution < 1.29 is 9.13 Å². The molecule has 5 heterocycles. The van der Waals surface area contributed by atoms with E-state index in [0.717, 1.165) is 60.7 Å². The maximum absolute atomic E-state index is 15.1. The average Bonchev–Trinajstić information content (AvgIpc) is 3.27.